The molecule has 0 atom stereocenters. The first-order valence-corrected chi connectivity index (χ1v) is 6.04. The van der Waals surface area contributed by atoms with Gasteiger partial charge in [-0.15, -0.1) is 6.58 Å². The molecule has 0 bridgehead atoms. The maximum Gasteiger partial charge on any atom is 0.323 e. The number of hydrogen-bond acceptors (Lipinski definition) is 4. The van der Waals surface area contributed by atoms with Gasteiger partial charge >= 0.3 is 12.0 Å². The maximum absolute atomic E-state index is 11.6. The highest BCUT2D eigenvalue weighted by Gasteiger charge is 2.14. The molecule has 0 fully saturated rings. The Labute approximate surface area is 113 Å². The molecule has 0 aromatic rings. The lowest BCUT2D eigenvalue weighted by Gasteiger charge is -2.19. The normalized spacial score (nSPS) is 9.95. The molecule has 0 radical (unpaired) electrons. The van der Waals surface area contributed by atoms with E-state index in [1.807, 2.05) is 0 Å². The van der Waals surface area contributed by atoms with Crippen molar-refractivity contribution >= 4 is 12.0 Å². The molecule has 0 aliphatic heterocycles. The van der Waals surface area contributed by atoms with Gasteiger partial charge in [0.25, 0.3) is 0 Å². The van der Waals surface area contributed by atoms with Crippen LogP contribution in [0.3, 0.4) is 0 Å². The second-order valence-electron chi connectivity index (χ2n) is 3.75. The van der Waals surface area contributed by atoms with Crippen molar-refractivity contribution in [3.63, 3.8) is 0 Å². The Bertz CT molecular complexity index is 283. The van der Waals surface area contributed by atoms with Crippen molar-refractivity contribution in [2.75, 3.05) is 46.6 Å². The van der Waals surface area contributed by atoms with Gasteiger partial charge in [-0.3, -0.25) is 4.79 Å². The summed E-state index contributed by atoms with van der Waals surface area (Å²) in [6.45, 7) is 5.34. The molecule has 0 saturated carbocycles. The molecule has 0 aromatic carbocycles. The van der Waals surface area contributed by atoms with Gasteiger partial charge in [0.2, 0.25) is 0 Å². The minimum Gasteiger partial charge on any atom is -0.480 e. The minimum atomic E-state index is -1.06. The number of urea groups is 1. The van der Waals surface area contributed by atoms with Gasteiger partial charge in [0.05, 0.1) is 13.2 Å². The van der Waals surface area contributed by atoms with E-state index in [2.05, 4.69) is 11.9 Å². The zero-order valence-electron chi connectivity index (χ0n) is 11.3. The lowest BCUT2D eigenvalue weighted by molar-refractivity contribution is -0.137. The predicted molar refractivity (Wildman–Crippen MR) is 70.1 cm³/mol. The number of ether oxygens (including phenoxy) is 2. The Kier molecular flexibility index (Phi) is 10.5. The first-order valence-electron chi connectivity index (χ1n) is 6.04. The lowest BCUT2D eigenvalue weighted by Crippen LogP contribution is -2.43. The Morgan fingerprint density at radius 1 is 1.37 bits per heavy atom. The van der Waals surface area contributed by atoms with Crippen LogP contribution in [0.1, 0.15) is 6.42 Å². The number of rotatable bonds is 11. The second-order valence-corrected chi connectivity index (χ2v) is 3.75. The minimum absolute atomic E-state index is 0.197. The number of carboxylic acid groups (broad SMARTS) is 1. The molecular formula is C12H22N2O5. The number of amides is 2. The molecule has 0 aliphatic carbocycles. The van der Waals surface area contributed by atoms with E-state index in [9.17, 15) is 9.59 Å². The number of nitrogens with one attached hydrogen (secondary N) is 1. The number of carbonyl (C=O) groups is 2. The third-order valence-electron chi connectivity index (χ3n) is 2.14. The van der Waals surface area contributed by atoms with Crippen LogP contribution in [0, 0.1) is 0 Å². The molecular weight excluding hydrogens is 252 g/mol. The van der Waals surface area contributed by atoms with Gasteiger partial charge in [0.1, 0.15) is 6.54 Å². The molecule has 7 nitrogen and oxygen atoms in total. The number of nitrogens with zero attached hydrogens (tertiary/aromatic N) is 1. The maximum atomic E-state index is 11.6. The topological polar surface area (TPSA) is 88.1 Å². The number of carbonyl (C=O) groups excluding carboxylic acids is 1. The SMILES string of the molecule is C=CCN(CC(=O)O)C(=O)NCCCOCCOC. The van der Waals surface area contributed by atoms with Crippen molar-refractivity contribution in [2.24, 2.45) is 0 Å². The van der Waals surface area contributed by atoms with E-state index in [-0.39, 0.29) is 13.1 Å². The molecule has 0 aliphatic rings. The van der Waals surface area contributed by atoms with Gasteiger partial charge < -0.3 is 24.8 Å². The van der Waals surface area contributed by atoms with E-state index >= 15 is 0 Å². The van der Waals surface area contributed by atoms with Gasteiger partial charge in [0.15, 0.2) is 0 Å². The zero-order valence-corrected chi connectivity index (χ0v) is 11.3. The van der Waals surface area contributed by atoms with Crippen LogP contribution in [0.5, 0.6) is 0 Å². The highest BCUT2D eigenvalue weighted by atomic mass is 16.5. The Morgan fingerprint density at radius 2 is 2.11 bits per heavy atom. The van der Waals surface area contributed by atoms with Gasteiger partial charge in [-0.25, -0.2) is 4.79 Å². The number of methoxy groups -OCH3 is 1. The summed E-state index contributed by atoms with van der Waals surface area (Å²) >= 11 is 0. The molecule has 0 saturated heterocycles. The third-order valence-corrected chi connectivity index (χ3v) is 2.14. The number of aliphatic carboxylic acids is 1. The van der Waals surface area contributed by atoms with Crippen molar-refractivity contribution in [1.82, 2.24) is 10.2 Å². The van der Waals surface area contributed by atoms with Crippen LogP contribution < -0.4 is 5.32 Å². The van der Waals surface area contributed by atoms with Crippen LogP contribution >= 0.6 is 0 Å². The summed E-state index contributed by atoms with van der Waals surface area (Å²) in [7, 11) is 1.60. The van der Waals surface area contributed by atoms with Gasteiger partial charge in [-0.05, 0) is 6.42 Å². The number of hydrogen-bond donors (Lipinski definition) is 2. The smallest absolute Gasteiger partial charge is 0.323 e. The van der Waals surface area contributed by atoms with E-state index in [0.29, 0.717) is 32.8 Å². The van der Waals surface area contributed by atoms with E-state index < -0.39 is 12.0 Å². The molecule has 7 heteroatoms. The average molecular weight is 274 g/mol. The first-order chi connectivity index (χ1) is 9.11. The molecule has 2 N–H and O–H groups in total. The van der Waals surface area contributed by atoms with Crippen LogP contribution in [0.2, 0.25) is 0 Å². The zero-order chi connectivity index (χ0) is 14.5. The highest BCUT2D eigenvalue weighted by Crippen LogP contribution is 1.91. The van der Waals surface area contributed by atoms with Crippen molar-refractivity contribution in [3.05, 3.63) is 12.7 Å². The molecule has 2 amide bonds. The first kappa shape index (κ1) is 17.4. The van der Waals surface area contributed by atoms with Crippen molar-refractivity contribution in [1.29, 1.82) is 0 Å². The summed E-state index contributed by atoms with van der Waals surface area (Å²) in [6.07, 6.45) is 2.14. The fraction of sp³-hybridized carbons (Fsp3) is 0.667. The van der Waals surface area contributed by atoms with E-state index in [1.54, 1.807) is 7.11 Å². The quantitative estimate of drug-likeness (QED) is 0.418. The summed E-state index contributed by atoms with van der Waals surface area (Å²) in [5.41, 5.74) is 0. The molecule has 0 heterocycles. The molecule has 0 rings (SSSR count). The van der Waals surface area contributed by atoms with Crippen molar-refractivity contribution in [3.8, 4) is 0 Å². The highest BCUT2D eigenvalue weighted by molar-refractivity contribution is 5.80. The second kappa shape index (κ2) is 11.5. The van der Waals surface area contributed by atoms with Crippen LogP contribution in [0.4, 0.5) is 4.79 Å². The molecule has 0 spiro atoms. The molecule has 19 heavy (non-hydrogen) atoms. The van der Waals surface area contributed by atoms with Gasteiger partial charge in [-0.1, -0.05) is 6.08 Å². The van der Waals surface area contributed by atoms with Crippen LogP contribution in [-0.4, -0.2) is 68.6 Å². The van der Waals surface area contributed by atoms with Gasteiger partial charge in [-0.2, -0.15) is 0 Å². The lowest BCUT2D eigenvalue weighted by atomic mass is 10.4. The molecule has 110 valence electrons. The van der Waals surface area contributed by atoms with Gasteiger partial charge in [0, 0.05) is 26.8 Å². The van der Waals surface area contributed by atoms with E-state index in [0.717, 1.165) is 0 Å². The van der Waals surface area contributed by atoms with Crippen molar-refractivity contribution < 1.29 is 24.2 Å². The fourth-order valence-corrected chi connectivity index (χ4v) is 1.26. The largest absolute Gasteiger partial charge is 0.480 e. The van der Waals surface area contributed by atoms with Crippen LogP contribution in [0.15, 0.2) is 12.7 Å². The van der Waals surface area contributed by atoms with Crippen molar-refractivity contribution in [2.45, 2.75) is 6.42 Å². The Balaban J connectivity index is 3.74. The van der Waals surface area contributed by atoms with Crippen LogP contribution in [0.25, 0.3) is 0 Å². The average Bonchev–Trinajstić information content (AvgIpc) is 2.36. The summed E-state index contributed by atoms with van der Waals surface area (Å²) in [5.74, 6) is -1.06. The summed E-state index contributed by atoms with van der Waals surface area (Å²) in [4.78, 5) is 23.4. The molecule has 0 unspecified atom stereocenters. The van der Waals surface area contributed by atoms with E-state index in [4.69, 9.17) is 14.6 Å². The van der Waals surface area contributed by atoms with Crippen LogP contribution in [-0.2, 0) is 14.3 Å². The Hall–Kier alpha value is -1.60. The fourth-order valence-electron chi connectivity index (χ4n) is 1.26. The Morgan fingerprint density at radius 3 is 2.68 bits per heavy atom. The predicted octanol–water partition coefficient (Wildman–Crippen LogP) is 0.322. The monoisotopic (exact) mass is 274 g/mol. The third kappa shape index (κ3) is 10.0. The molecule has 0 aromatic heterocycles. The standard InChI is InChI=1S/C12H22N2O5/c1-3-6-14(10-11(15)16)12(17)13-5-4-7-19-9-8-18-2/h3H,1,4-10H2,2H3,(H,13,17)(H,15,16). The number of carboxylic acids is 1. The summed E-state index contributed by atoms with van der Waals surface area (Å²) in [5, 5.41) is 11.3. The summed E-state index contributed by atoms with van der Waals surface area (Å²) in [6, 6.07) is -0.417. The summed E-state index contributed by atoms with van der Waals surface area (Å²) < 4.78 is 10.0. The van der Waals surface area contributed by atoms with E-state index in [1.165, 1.54) is 11.0 Å².